The molecule has 0 aliphatic rings. The maximum absolute atomic E-state index is 10.4. The third kappa shape index (κ3) is 2.28. The van der Waals surface area contributed by atoms with Crippen LogP contribution in [0.4, 0.5) is 0 Å². The Morgan fingerprint density at radius 2 is 1.83 bits per heavy atom. The number of aromatic nitrogens is 2. The van der Waals surface area contributed by atoms with E-state index in [0.29, 0.717) is 17.0 Å². The molecule has 0 spiro atoms. The van der Waals surface area contributed by atoms with E-state index in [1.54, 1.807) is 0 Å². The Labute approximate surface area is 133 Å². The third-order valence-electron chi connectivity index (χ3n) is 3.96. The molecule has 0 aliphatic carbocycles. The molecule has 0 radical (unpaired) electrons. The van der Waals surface area contributed by atoms with Gasteiger partial charge in [0, 0.05) is 18.1 Å². The van der Waals surface area contributed by atoms with Crippen molar-refractivity contribution < 1.29 is 9.52 Å². The third-order valence-corrected chi connectivity index (χ3v) is 3.96. The summed E-state index contributed by atoms with van der Waals surface area (Å²) >= 11 is 0. The van der Waals surface area contributed by atoms with E-state index in [1.807, 2.05) is 73.3 Å². The van der Waals surface area contributed by atoms with Crippen molar-refractivity contribution in [3.8, 4) is 22.9 Å². The highest BCUT2D eigenvalue weighted by molar-refractivity contribution is 5.79. The number of nitrogens with zero attached hydrogens (tertiary/aromatic N) is 2. The van der Waals surface area contributed by atoms with Crippen molar-refractivity contribution in [2.45, 2.75) is 13.8 Å². The van der Waals surface area contributed by atoms with Crippen molar-refractivity contribution >= 4 is 11.1 Å². The fourth-order valence-electron chi connectivity index (χ4n) is 2.73. The van der Waals surface area contributed by atoms with E-state index >= 15 is 0 Å². The summed E-state index contributed by atoms with van der Waals surface area (Å²) in [7, 11) is 0. The van der Waals surface area contributed by atoms with Gasteiger partial charge in [-0.2, -0.15) is 0 Å². The molecule has 0 fully saturated rings. The monoisotopic (exact) mass is 304 g/mol. The van der Waals surface area contributed by atoms with Crippen molar-refractivity contribution in [2.24, 2.45) is 0 Å². The number of hydrogen-bond acceptors (Lipinski definition) is 3. The topological polar surface area (TPSA) is 51.2 Å². The predicted octanol–water partition coefficient (Wildman–Crippen LogP) is 4.61. The lowest BCUT2D eigenvalue weighted by molar-refractivity contribution is 0.470. The standard InChI is InChI=1S/C19H16N2O2/c1-12-5-6-17-16(9-12)20-19(23-17)15-11-14(10-13(2)18(15)22)21-7-3-4-8-21/h3-11,22H,1-2H3. The van der Waals surface area contributed by atoms with Gasteiger partial charge in [0.25, 0.3) is 0 Å². The molecular formula is C19H16N2O2. The van der Waals surface area contributed by atoms with E-state index in [-0.39, 0.29) is 5.75 Å². The quantitative estimate of drug-likeness (QED) is 0.588. The minimum Gasteiger partial charge on any atom is -0.507 e. The van der Waals surface area contributed by atoms with Crippen LogP contribution in [0.1, 0.15) is 11.1 Å². The fraction of sp³-hybridized carbons (Fsp3) is 0.105. The van der Waals surface area contributed by atoms with Gasteiger partial charge in [-0.3, -0.25) is 0 Å². The van der Waals surface area contributed by atoms with E-state index in [0.717, 1.165) is 22.3 Å². The molecule has 0 aliphatic heterocycles. The highest BCUT2D eigenvalue weighted by Crippen LogP contribution is 2.35. The fourth-order valence-corrected chi connectivity index (χ4v) is 2.73. The van der Waals surface area contributed by atoms with Crippen molar-refractivity contribution in [1.29, 1.82) is 0 Å². The van der Waals surface area contributed by atoms with E-state index in [9.17, 15) is 5.11 Å². The Bertz CT molecular complexity index is 998. The number of benzene rings is 2. The van der Waals surface area contributed by atoms with Crippen LogP contribution >= 0.6 is 0 Å². The summed E-state index contributed by atoms with van der Waals surface area (Å²) in [5.41, 5.74) is 4.97. The number of oxazole rings is 1. The van der Waals surface area contributed by atoms with Gasteiger partial charge in [-0.25, -0.2) is 4.98 Å². The molecule has 1 N–H and O–H groups in total. The lowest BCUT2D eigenvalue weighted by atomic mass is 10.1. The Hall–Kier alpha value is -3.01. The number of aryl methyl sites for hydroxylation is 2. The van der Waals surface area contributed by atoms with Gasteiger partial charge in [0.05, 0.1) is 5.56 Å². The number of hydrogen-bond donors (Lipinski definition) is 1. The Morgan fingerprint density at radius 1 is 1.04 bits per heavy atom. The second-order valence-electron chi connectivity index (χ2n) is 5.74. The van der Waals surface area contributed by atoms with Gasteiger partial charge in [-0.15, -0.1) is 0 Å². The minimum atomic E-state index is 0.198. The van der Waals surface area contributed by atoms with Crippen LogP contribution in [0.2, 0.25) is 0 Å². The summed E-state index contributed by atoms with van der Waals surface area (Å²) in [6.45, 7) is 3.89. The van der Waals surface area contributed by atoms with Crippen LogP contribution in [0, 0.1) is 13.8 Å². The molecule has 0 atom stereocenters. The number of phenols is 1. The van der Waals surface area contributed by atoms with E-state index < -0.39 is 0 Å². The largest absolute Gasteiger partial charge is 0.507 e. The molecule has 4 aromatic rings. The van der Waals surface area contributed by atoms with Gasteiger partial charge < -0.3 is 14.1 Å². The molecule has 2 heterocycles. The molecular weight excluding hydrogens is 288 g/mol. The first kappa shape index (κ1) is 13.6. The molecule has 0 saturated carbocycles. The molecule has 2 aromatic heterocycles. The molecule has 0 saturated heterocycles. The van der Waals surface area contributed by atoms with Crippen molar-refractivity contribution in [1.82, 2.24) is 9.55 Å². The van der Waals surface area contributed by atoms with Crippen LogP contribution in [0.3, 0.4) is 0 Å². The lowest BCUT2D eigenvalue weighted by Crippen LogP contribution is -1.93. The average Bonchev–Trinajstić information content (AvgIpc) is 3.18. The Kier molecular flexibility index (Phi) is 2.98. The second kappa shape index (κ2) is 5.02. The highest BCUT2D eigenvalue weighted by atomic mass is 16.3. The van der Waals surface area contributed by atoms with E-state index in [4.69, 9.17) is 4.42 Å². The summed E-state index contributed by atoms with van der Waals surface area (Å²) in [4.78, 5) is 4.53. The molecule has 4 nitrogen and oxygen atoms in total. The first-order chi connectivity index (χ1) is 11.1. The number of rotatable bonds is 2. The molecule has 114 valence electrons. The zero-order chi connectivity index (χ0) is 16.0. The van der Waals surface area contributed by atoms with Crippen molar-refractivity contribution in [3.63, 3.8) is 0 Å². The van der Waals surface area contributed by atoms with Crippen LogP contribution in [0.15, 0.2) is 59.3 Å². The van der Waals surface area contributed by atoms with Crippen LogP contribution in [0.5, 0.6) is 5.75 Å². The van der Waals surface area contributed by atoms with Gasteiger partial charge in [0.1, 0.15) is 11.3 Å². The summed E-state index contributed by atoms with van der Waals surface area (Å²) in [5.74, 6) is 0.629. The number of phenolic OH excluding ortho intramolecular Hbond substituents is 1. The first-order valence-electron chi connectivity index (χ1n) is 7.46. The molecule has 23 heavy (non-hydrogen) atoms. The maximum atomic E-state index is 10.4. The minimum absolute atomic E-state index is 0.198. The predicted molar refractivity (Wildman–Crippen MR) is 89.9 cm³/mol. The van der Waals surface area contributed by atoms with Gasteiger partial charge in [-0.05, 0) is 61.4 Å². The molecule has 0 bridgehead atoms. The van der Waals surface area contributed by atoms with Gasteiger partial charge in [0.2, 0.25) is 5.89 Å². The summed E-state index contributed by atoms with van der Waals surface area (Å²) in [6, 6.07) is 13.6. The molecule has 2 aromatic carbocycles. The summed E-state index contributed by atoms with van der Waals surface area (Å²) in [6.07, 6.45) is 3.93. The first-order valence-corrected chi connectivity index (χ1v) is 7.46. The summed E-state index contributed by atoms with van der Waals surface area (Å²) in [5, 5.41) is 10.4. The smallest absolute Gasteiger partial charge is 0.231 e. The zero-order valence-electron chi connectivity index (χ0n) is 12.9. The van der Waals surface area contributed by atoms with E-state index in [1.165, 1.54) is 0 Å². The lowest BCUT2D eigenvalue weighted by Gasteiger charge is -2.09. The van der Waals surface area contributed by atoms with Crippen molar-refractivity contribution in [3.05, 3.63) is 66.0 Å². The van der Waals surface area contributed by atoms with Crippen molar-refractivity contribution in [2.75, 3.05) is 0 Å². The number of fused-ring (bicyclic) bond motifs is 1. The molecule has 0 amide bonds. The van der Waals surface area contributed by atoms with Crippen LogP contribution in [-0.2, 0) is 0 Å². The molecule has 4 rings (SSSR count). The van der Waals surface area contributed by atoms with Gasteiger partial charge >= 0.3 is 0 Å². The number of aromatic hydroxyl groups is 1. The zero-order valence-corrected chi connectivity index (χ0v) is 12.9. The van der Waals surface area contributed by atoms with Gasteiger partial charge in [0.15, 0.2) is 5.58 Å². The Morgan fingerprint density at radius 3 is 2.61 bits per heavy atom. The SMILES string of the molecule is Cc1ccc2oc(-c3cc(-n4cccc4)cc(C)c3O)nc2c1. The maximum Gasteiger partial charge on any atom is 0.231 e. The van der Waals surface area contributed by atoms with Crippen LogP contribution in [0.25, 0.3) is 28.2 Å². The second-order valence-corrected chi connectivity index (χ2v) is 5.74. The van der Waals surface area contributed by atoms with E-state index in [2.05, 4.69) is 4.98 Å². The van der Waals surface area contributed by atoms with Crippen LogP contribution in [-0.4, -0.2) is 14.7 Å². The molecule has 0 unspecified atom stereocenters. The normalized spacial score (nSPS) is 11.2. The average molecular weight is 304 g/mol. The van der Waals surface area contributed by atoms with Crippen LogP contribution < -0.4 is 0 Å². The Balaban J connectivity index is 1.92. The summed E-state index contributed by atoms with van der Waals surface area (Å²) < 4.78 is 7.83. The highest BCUT2D eigenvalue weighted by Gasteiger charge is 2.16. The van der Waals surface area contributed by atoms with Gasteiger partial charge in [-0.1, -0.05) is 6.07 Å². The molecule has 4 heteroatoms.